The van der Waals surface area contributed by atoms with E-state index in [1.165, 1.54) is 0 Å². The van der Waals surface area contributed by atoms with E-state index in [0.717, 1.165) is 16.7 Å². The molecule has 1 heterocycles. The van der Waals surface area contributed by atoms with E-state index in [4.69, 9.17) is 21.1 Å². The molecule has 0 bridgehead atoms. The van der Waals surface area contributed by atoms with Gasteiger partial charge in [0.15, 0.2) is 11.5 Å². The Kier molecular flexibility index (Phi) is 6.11. The van der Waals surface area contributed by atoms with Crippen molar-refractivity contribution in [2.24, 2.45) is 0 Å². The van der Waals surface area contributed by atoms with Gasteiger partial charge in [-0.15, -0.1) is 0 Å². The molecule has 0 fully saturated rings. The normalized spacial score (nSPS) is 10.4. The summed E-state index contributed by atoms with van der Waals surface area (Å²) in [5.41, 5.74) is 4.14. The maximum atomic E-state index is 9.29. The Morgan fingerprint density at radius 1 is 0.903 bits per heavy atom. The number of aryl methyl sites for hydroxylation is 1. The number of ether oxygens (including phenoxy) is 2. The second kappa shape index (κ2) is 9.29. The quantitative estimate of drug-likeness (QED) is 0.335. The van der Waals surface area contributed by atoms with E-state index in [-0.39, 0.29) is 11.2 Å². The Balaban J connectivity index is 1.63. The summed E-state index contributed by atoms with van der Waals surface area (Å²) in [5, 5.41) is 9.36. The van der Waals surface area contributed by atoms with Gasteiger partial charge in [0.05, 0.1) is 17.3 Å². The average molecular weight is 428 g/mol. The molecule has 4 rings (SSSR count). The molecule has 4 aromatic rings. The van der Waals surface area contributed by atoms with Gasteiger partial charge in [-0.05, 0) is 36.2 Å². The molecule has 0 N–H and O–H groups in total. The van der Waals surface area contributed by atoms with Gasteiger partial charge >= 0.3 is 0 Å². The van der Waals surface area contributed by atoms with Crippen LogP contribution in [0.1, 0.15) is 16.7 Å². The fraction of sp³-hybridized carbons (Fsp3) is 0.0800. The van der Waals surface area contributed by atoms with Gasteiger partial charge in [-0.2, -0.15) is 10.2 Å². The van der Waals surface area contributed by atoms with Crippen molar-refractivity contribution in [1.82, 2.24) is 9.97 Å². The summed E-state index contributed by atoms with van der Waals surface area (Å²) >= 11 is 6.15. The minimum atomic E-state index is 0.0660. The van der Waals surface area contributed by atoms with Crippen molar-refractivity contribution in [1.29, 1.82) is 5.26 Å². The van der Waals surface area contributed by atoms with Crippen LogP contribution < -0.4 is 9.47 Å². The van der Waals surface area contributed by atoms with E-state index in [1.807, 2.05) is 61.5 Å². The zero-order valence-corrected chi connectivity index (χ0v) is 17.5. The second-order valence-electron chi connectivity index (χ2n) is 6.88. The van der Waals surface area contributed by atoms with Gasteiger partial charge in [0.25, 0.3) is 0 Å². The molecule has 1 aromatic heterocycles. The Labute approximate surface area is 185 Å². The monoisotopic (exact) mass is 427 g/mol. The number of rotatable bonds is 6. The van der Waals surface area contributed by atoms with Crippen molar-refractivity contribution in [2.45, 2.75) is 13.5 Å². The molecule has 152 valence electrons. The highest BCUT2D eigenvalue weighted by atomic mass is 35.5. The van der Waals surface area contributed by atoms with E-state index >= 15 is 0 Å². The number of aromatic nitrogens is 2. The zero-order valence-electron chi connectivity index (χ0n) is 16.7. The molecule has 0 saturated carbocycles. The van der Waals surface area contributed by atoms with Crippen molar-refractivity contribution in [3.8, 4) is 34.7 Å². The topological polar surface area (TPSA) is 68.0 Å². The molecule has 0 saturated heterocycles. The predicted octanol–water partition coefficient (Wildman–Crippen LogP) is 6.35. The average Bonchev–Trinajstić information content (AvgIpc) is 2.79. The number of nitrogens with zero attached hydrogens (tertiary/aromatic N) is 3. The van der Waals surface area contributed by atoms with Crippen LogP contribution in [-0.2, 0) is 6.61 Å². The van der Waals surface area contributed by atoms with Gasteiger partial charge < -0.3 is 9.47 Å². The minimum Gasteiger partial charge on any atom is -0.485 e. The molecule has 0 spiro atoms. The minimum absolute atomic E-state index is 0.0660. The van der Waals surface area contributed by atoms with Gasteiger partial charge in [0.2, 0.25) is 11.2 Å². The van der Waals surface area contributed by atoms with Crippen LogP contribution in [0.2, 0.25) is 5.28 Å². The number of hydrogen-bond acceptors (Lipinski definition) is 5. The molecule has 0 aliphatic rings. The second-order valence-corrected chi connectivity index (χ2v) is 7.21. The van der Waals surface area contributed by atoms with Crippen LogP contribution in [0.4, 0.5) is 0 Å². The highest BCUT2D eigenvalue weighted by Gasteiger charge is 2.12. The summed E-state index contributed by atoms with van der Waals surface area (Å²) in [7, 11) is 0. The molecule has 31 heavy (non-hydrogen) atoms. The molecule has 0 aliphatic carbocycles. The molecular weight excluding hydrogens is 410 g/mol. The molecule has 0 aliphatic heterocycles. The lowest BCUT2D eigenvalue weighted by molar-refractivity contribution is 0.290. The van der Waals surface area contributed by atoms with Gasteiger partial charge in [-0.3, -0.25) is 0 Å². The summed E-state index contributed by atoms with van der Waals surface area (Å²) in [4.78, 5) is 8.48. The van der Waals surface area contributed by atoms with Gasteiger partial charge in [0, 0.05) is 17.7 Å². The van der Waals surface area contributed by atoms with Crippen LogP contribution in [0.25, 0.3) is 11.3 Å². The van der Waals surface area contributed by atoms with Crippen molar-refractivity contribution in [3.63, 3.8) is 0 Å². The first-order valence-electron chi connectivity index (χ1n) is 9.61. The maximum Gasteiger partial charge on any atom is 0.226 e. The van der Waals surface area contributed by atoms with Gasteiger partial charge in [0.1, 0.15) is 6.61 Å². The van der Waals surface area contributed by atoms with E-state index in [2.05, 4.69) is 16.0 Å². The van der Waals surface area contributed by atoms with Crippen LogP contribution in [0.15, 0.2) is 78.9 Å². The Bertz CT molecular complexity index is 1240. The summed E-state index contributed by atoms with van der Waals surface area (Å²) in [5.74, 6) is 1.13. The maximum absolute atomic E-state index is 9.29. The number of halogens is 1. The molecule has 3 aromatic carbocycles. The highest BCUT2D eigenvalue weighted by Crippen LogP contribution is 2.34. The van der Waals surface area contributed by atoms with Crippen molar-refractivity contribution in [2.75, 3.05) is 0 Å². The molecule has 5 nitrogen and oxygen atoms in total. The van der Waals surface area contributed by atoms with E-state index in [9.17, 15) is 5.26 Å². The van der Waals surface area contributed by atoms with Crippen molar-refractivity contribution >= 4 is 11.6 Å². The van der Waals surface area contributed by atoms with E-state index in [1.54, 1.807) is 24.3 Å². The number of hydrogen-bond donors (Lipinski definition) is 0. The van der Waals surface area contributed by atoms with Crippen LogP contribution >= 0.6 is 11.6 Å². The van der Waals surface area contributed by atoms with Crippen LogP contribution in [0.3, 0.4) is 0 Å². The van der Waals surface area contributed by atoms with Crippen molar-refractivity contribution < 1.29 is 9.47 Å². The fourth-order valence-corrected chi connectivity index (χ4v) is 3.12. The predicted molar refractivity (Wildman–Crippen MR) is 119 cm³/mol. The standard InChI is InChI=1S/C25H18ClN3O2/c1-17-7-10-20(11-8-17)21-14-24(29-25(26)28-21)31-23-13-19(15-27)9-12-22(23)30-16-18-5-3-2-4-6-18/h2-14H,16H2,1H3. The number of nitriles is 1. The fourth-order valence-electron chi connectivity index (χ4n) is 2.95. The molecule has 0 amide bonds. The van der Waals surface area contributed by atoms with E-state index in [0.29, 0.717) is 29.4 Å². The third-order valence-corrected chi connectivity index (χ3v) is 4.72. The first kappa shape index (κ1) is 20.4. The lowest BCUT2D eigenvalue weighted by Gasteiger charge is -2.13. The zero-order chi connectivity index (χ0) is 21.6. The van der Waals surface area contributed by atoms with Gasteiger partial charge in [-0.1, -0.05) is 60.2 Å². The largest absolute Gasteiger partial charge is 0.485 e. The molecule has 0 radical (unpaired) electrons. The summed E-state index contributed by atoms with van der Waals surface area (Å²) in [6, 6.07) is 26.5. The summed E-state index contributed by atoms with van der Waals surface area (Å²) < 4.78 is 11.9. The summed E-state index contributed by atoms with van der Waals surface area (Å²) in [6.45, 7) is 2.38. The number of benzene rings is 3. The third-order valence-electron chi connectivity index (χ3n) is 4.55. The molecule has 0 atom stereocenters. The Hall–Kier alpha value is -3.88. The highest BCUT2D eigenvalue weighted by molar-refractivity contribution is 6.28. The third kappa shape index (κ3) is 5.19. The lowest BCUT2D eigenvalue weighted by atomic mass is 10.1. The van der Waals surface area contributed by atoms with Crippen LogP contribution in [0.5, 0.6) is 17.4 Å². The lowest BCUT2D eigenvalue weighted by Crippen LogP contribution is -1.99. The smallest absolute Gasteiger partial charge is 0.226 e. The first-order valence-corrected chi connectivity index (χ1v) is 9.99. The Morgan fingerprint density at radius 3 is 2.42 bits per heavy atom. The van der Waals surface area contributed by atoms with Gasteiger partial charge in [-0.25, -0.2) is 4.98 Å². The van der Waals surface area contributed by atoms with Crippen LogP contribution in [0, 0.1) is 18.3 Å². The van der Waals surface area contributed by atoms with Crippen LogP contribution in [-0.4, -0.2) is 9.97 Å². The summed E-state index contributed by atoms with van der Waals surface area (Å²) in [6.07, 6.45) is 0. The SMILES string of the molecule is Cc1ccc(-c2cc(Oc3cc(C#N)ccc3OCc3ccccc3)nc(Cl)n2)cc1. The van der Waals surface area contributed by atoms with E-state index < -0.39 is 0 Å². The Morgan fingerprint density at radius 2 is 1.68 bits per heavy atom. The molecule has 0 unspecified atom stereocenters. The first-order chi connectivity index (χ1) is 15.1. The molecular formula is C25H18ClN3O2. The van der Waals surface area contributed by atoms with Crippen molar-refractivity contribution in [3.05, 3.63) is 101 Å². The molecule has 6 heteroatoms.